The molecule has 25 heavy (non-hydrogen) atoms. The Kier molecular flexibility index (Phi) is 4.76. The lowest BCUT2D eigenvalue weighted by molar-refractivity contribution is 0.464. The predicted octanol–water partition coefficient (Wildman–Crippen LogP) is 5.17. The minimum atomic E-state index is 0.297. The van der Waals surface area contributed by atoms with Gasteiger partial charge in [0.05, 0.1) is 0 Å². The van der Waals surface area contributed by atoms with Crippen molar-refractivity contribution < 1.29 is 4.74 Å². The number of halogens is 1. The minimum absolute atomic E-state index is 0.297. The molecule has 3 N–H and O–H groups in total. The Morgan fingerprint density at radius 3 is 2.28 bits per heavy atom. The summed E-state index contributed by atoms with van der Waals surface area (Å²) < 4.78 is 5.85. The molecule has 0 aliphatic rings. The summed E-state index contributed by atoms with van der Waals surface area (Å²) in [5, 5.41) is 3.91. The molecule has 0 spiro atoms. The normalized spacial score (nSPS) is 10.6. The first-order valence-corrected chi connectivity index (χ1v) is 8.20. The van der Waals surface area contributed by atoms with Gasteiger partial charge in [-0.2, -0.15) is 4.98 Å². The van der Waals surface area contributed by atoms with Crippen LogP contribution in [0.15, 0.2) is 42.7 Å². The van der Waals surface area contributed by atoms with Crippen LogP contribution in [0.3, 0.4) is 0 Å². The number of nitrogen functional groups attached to an aromatic ring is 1. The van der Waals surface area contributed by atoms with Gasteiger partial charge in [0.2, 0.25) is 5.88 Å². The van der Waals surface area contributed by atoms with Crippen LogP contribution in [-0.4, -0.2) is 9.97 Å². The molecule has 3 aromatic rings. The molecule has 5 nitrogen and oxygen atoms in total. The second-order valence-corrected chi connectivity index (χ2v) is 6.28. The first-order valence-electron chi connectivity index (χ1n) is 7.83. The van der Waals surface area contributed by atoms with E-state index in [1.165, 1.54) is 11.9 Å². The fourth-order valence-electron chi connectivity index (χ4n) is 2.41. The fraction of sp³-hybridized carbons (Fsp3) is 0.158. The highest BCUT2D eigenvalue weighted by molar-refractivity contribution is 6.32. The van der Waals surface area contributed by atoms with Crippen molar-refractivity contribution in [2.24, 2.45) is 0 Å². The standard InChI is InChI=1S/C19H19ClN4O/c1-11-4-6-14(7-5-11)24-18-17(21)19(23-10-22-18)25-15-8-12(2)16(20)13(3)9-15/h4-10H,21H2,1-3H3,(H,22,23,24). The van der Waals surface area contributed by atoms with Gasteiger partial charge in [-0.25, -0.2) is 4.98 Å². The number of aryl methyl sites for hydroxylation is 3. The van der Waals surface area contributed by atoms with Gasteiger partial charge in [0.15, 0.2) is 5.82 Å². The van der Waals surface area contributed by atoms with E-state index in [0.29, 0.717) is 23.1 Å². The summed E-state index contributed by atoms with van der Waals surface area (Å²) in [7, 11) is 0. The average Bonchev–Trinajstić information content (AvgIpc) is 2.58. The molecule has 0 saturated heterocycles. The van der Waals surface area contributed by atoms with Crippen molar-refractivity contribution in [1.82, 2.24) is 9.97 Å². The number of nitrogens with two attached hydrogens (primary N) is 1. The maximum absolute atomic E-state index is 6.19. The molecule has 3 rings (SSSR count). The number of aromatic nitrogens is 2. The third-order valence-electron chi connectivity index (χ3n) is 3.79. The van der Waals surface area contributed by atoms with Gasteiger partial charge in [0.1, 0.15) is 17.8 Å². The number of benzene rings is 2. The van der Waals surface area contributed by atoms with E-state index in [1.54, 1.807) is 0 Å². The summed E-state index contributed by atoms with van der Waals surface area (Å²) in [5.41, 5.74) is 10.5. The number of hydrogen-bond donors (Lipinski definition) is 2. The van der Waals surface area contributed by atoms with Crippen LogP contribution in [0.2, 0.25) is 5.02 Å². The highest BCUT2D eigenvalue weighted by Gasteiger charge is 2.12. The summed E-state index contributed by atoms with van der Waals surface area (Å²) in [5.74, 6) is 1.42. The Bertz CT molecular complexity index is 887. The lowest BCUT2D eigenvalue weighted by Crippen LogP contribution is -2.03. The number of rotatable bonds is 4. The molecule has 0 radical (unpaired) electrons. The zero-order chi connectivity index (χ0) is 18.0. The highest BCUT2D eigenvalue weighted by atomic mass is 35.5. The Labute approximate surface area is 151 Å². The van der Waals surface area contributed by atoms with Gasteiger partial charge < -0.3 is 15.8 Å². The molecule has 1 aromatic heterocycles. The lowest BCUT2D eigenvalue weighted by atomic mass is 10.1. The Hall–Kier alpha value is -2.79. The monoisotopic (exact) mass is 354 g/mol. The fourth-order valence-corrected chi connectivity index (χ4v) is 2.52. The van der Waals surface area contributed by atoms with Crippen molar-refractivity contribution in [3.8, 4) is 11.6 Å². The van der Waals surface area contributed by atoms with Crippen molar-refractivity contribution in [3.05, 3.63) is 64.4 Å². The number of hydrogen-bond acceptors (Lipinski definition) is 5. The number of anilines is 3. The quantitative estimate of drug-likeness (QED) is 0.675. The van der Waals surface area contributed by atoms with Gasteiger partial charge in [-0.3, -0.25) is 0 Å². The van der Waals surface area contributed by atoms with Crippen LogP contribution in [0.1, 0.15) is 16.7 Å². The summed E-state index contributed by atoms with van der Waals surface area (Å²) in [4.78, 5) is 8.34. The Morgan fingerprint density at radius 1 is 1.00 bits per heavy atom. The van der Waals surface area contributed by atoms with E-state index in [2.05, 4.69) is 15.3 Å². The SMILES string of the molecule is Cc1ccc(Nc2ncnc(Oc3cc(C)c(Cl)c(C)c3)c2N)cc1. The topological polar surface area (TPSA) is 73.1 Å². The van der Waals surface area contributed by atoms with Gasteiger partial charge in [-0.15, -0.1) is 0 Å². The third-order valence-corrected chi connectivity index (χ3v) is 4.38. The molecule has 0 bridgehead atoms. The van der Waals surface area contributed by atoms with E-state index in [9.17, 15) is 0 Å². The molecular weight excluding hydrogens is 336 g/mol. The van der Waals surface area contributed by atoms with Crippen molar-refractivity contribution in [2.75, 3.05) is 11.1 Å². The molecule has 0 unspecified atom stereocenters. The van der Waals surface area contributed by atoms with E-state index in [4.69, 9.17) is 22.1 Å². The molecule has 0 atom stereocenters. The summed E-state index contributed by atoms with van der Waals surface area (Å²) in [6.07, 6.45) is 1.41. The van der Waals surface area contributed by atoms with E-state index >= 15 is 0 Å². The van der Waals surface area contributed by atoms with Crippen molar-refractivity contribution in [2.45, 2.75) is 20.8 Å². The van der Waals surface area contributed by atoms with Gasteiger partial charge in [-0.05, 0) is 56.2 Å². The van der Waals surface area contributed by atoms with Crippen LogP contribution in [0.4, 0.5) is 17.2 Å². The van der Waals surface area contributed by atoms with E-state index in [1.807, 2.05) is 57.2 Å². The molecule has 0 fully saturated rings. The first kappa shape index (κ1) is 17.0. The van der Waals surface area contributed by atoms with Crippen LogP contribution in [-0.2, 0) is 0 Å². The minimum Gasteiger partial charge on any atom is -0.437 e. The second-order valence-electron chi connectivity index (χ2n) is 5.91. The molecule has 0 saturated carbocycles. The molecule has 0 aliphatic carbocycles. The molecular formula is C19H19ClN4O. The Morgan fingerprint density at radius 2 is 1.64 bits per heavy atom. The third kappa shape index (κ3) is 3.83. The number of nitrogens with one attached hydrogen (secondary N) is 1. The average molecular weight is 355 g/mol. The maximum Gasteiger partial charge on any atom is 0.248 e. The smallest absolute Gasteiger partial charge is 0.248 e. The van der Waals surface area contributed by atoms with Crippen LogP contribution < -0.4 is 15.8 Å². The van der Waals surface area contributed by atoms with E-state index in [0.717, 1.165) is 21.8 Å². The zero-order valence-corrected chi connectivity index (χ0v) is 15.1. The first-order chi connectivity index (χ1) is 11.9. The molecule has 0 amide bonds. The molecule has 128 valence electrons. The van der Waals surface area contributed by atoms with Crippen molar-refractivity contribution in [1.29, 1.82) is 0 Å². The van der Waals surface area contributed by atoms with Crippen molar-refractivity contribution >= 4 is 28.8 Å². The predicted molar refractivity (Wildman–Crippen MR) is 102 cm³/mol. The zero-order valence-electron chi connectivity index (χ0n) is 14.3. The lowest BCUT2D eigenvalue weighted by Gasteiger charge is -2.13. The van der Waals surface area contributed by atoms with Crippen LogP contribution in [0, 0.1) is 20.8 Å². The number of ether oxygens (including phenoxy) is 1. The van der Waals surface area contributed by atoms with Crippen LogP contribution in [0.5, 0.6) is 11.6 Å². The summed E-state index contributed by atoms with van der Waals surface area (Å²) >= 11 is 6.19. The number of nitrogens with zero attached hydrogens (tertiary/aromatic N) is 2. The van der Waals surface area contributed by atoms with E-state index < -0.39 is 0 Å². The molecule has 6 heteroatoms. The van der Waals surface area contributed by atoms with Gasteiger partial charge in [-0.1, -0.05) is 29.3 Å². The molecule has 1 heterocycles. The molecule has 2 aromatic carbocycles. The molecule has 0 aliphatic heterocycles. The van der Waals surface area contributed by atoms with Crippen LogP contribution in [0.25, 0.3) is 0 Å². The Balaban J connectivity index is 1.87. The largest absolute Gasteiger partial charge is 0.437 e. The highest BCUT2D eigenvalue weighted by Crippen LogP contribution is 2.33. The van der Waals surface area contributed by atoms with Gasteiger partial charge in [0, 0.05) is 10.7 Å². The van der Waals surface area contributed by atoms with Gasteiger partial charge in [0.25, 0.3) is 0 Å². The van der Waals surface area contributed by atoms with Crippen LogP contribution >= 0.6 is 11.6 Å². The maximum atomic E-state index is 6.19. The summed E-state index contributed by atoms with van der Waals surface area (Å²) in [6, 6.07) is 11.6. The van der Waals surface area contributed by atoms with Gasteiger partial charge >= 0.3 is 0 Å². The summed E-state index contributed by atoms with van der Waals surface area (Å²) in [6.45, 7) is 5.89. The second kappa shape index (κ2) is 6.99. The van der Waals surface area contributed by atoms with E-state index in [-0.39, 0.29) is 0 Å². The van der Waals surface area contributed by atoms with Crippen molar-refractivity contribution in [3.63, 3.8) is 0 Å².